The number of carbonyl (C=O) groups excluding carboxylic acids is 2. The molecule has 0 bridgehead atoms. The molecule has 2 amide bonds. The predicted molar refractivity (Wildman–Crippen MR) is 49.0 cm³/mol. The van der Waals surface area contributed by atoms with Gasteiger partial charge in [0.25, 0.3) is 5.91 Å². The molecule has 0 aromatic heterocycles. The fourth-order valence-electron chi connectivity index (χ4n) is 2.02. The van der Waals surface area contributed by atoms with Gasteiger partial charge in [-0.3, -0.25) is 14.9 Å². The molecular formula is C10H11NO3. The largest absolute Gasteiger partial charge is 0.481 e. The van der Waals surface area contributed by atoms with E-state index < -0.39 is 11.5 Å². The molecule has 2 rings (SSSR count). The molecule has 4 nitrogen and oxygen atoms in total. The average molecular weight is 193 g/mol. The van der Waals surface area contributed by atoms with E-state index in [2.05, 4.69) is 11.9 Å². The molecule has 1 heterocycles. The predicted octanol–water partition coefficient (Wildman–Crippen LogP) is 0.508. The average Bonchev–Trinajstić information content (AvgIpc) is 2.41. The molecule has 1 fully saturated rings. The first-order valence-corrected chi connectivity index (χ1v) is 4.52. The normalized spacial score (nSPS) is 35.0. The topological polar surface area (TPSA) is 55.4 Å². The van der Waals surface area contributed by atoms with Gasteiger partial charge in [0.15, 0.2) is 0 Å². The highest BCUT2D eigenvalue weighted by molar-refractivity contribution is 6.10. The number of carbonyl (C=O) groups is 2. The van der Waals surface area contributed by atoms with Crippen molar-refractivity contribution in [2.45, 2.75) is 18.4 Å². The van der Waals surface area contributed by atoms with Crippen molar-refractivity contribution in [3.05, 3.63) is 25.0 Å². The lowest BCUT2D eigenvalue weighted by Crippen LogP contribution is -2.43. The Labute approximate surface area is 81.6 Å². The van der Waals surface area contributed by atoms with Crippen LogP contribution in [0.4, 0.5) is 0 Å². The summed E-state index contributed by atoms with van der Waals surface area (Å²) in [6.07, 6.45) is 6.16. The van der Waals surface area contributed by atoms with Crippen molar-refractivity contribution in [3.8, 4) is 0 Å². The van der Waals surface area contributed by atoms with E-state index in [-0.39, 0.29) is 11.8 Å². The number of hydrogen-bond donors (Lipinski definition) is 1. The monoisotopic (exact) mass is 193 g/mol. The summed E-state index contributed by atoms with van der Waals surface area (Å²) in [4.78, 5) is 23.0. The summed E-state index contributed by atoms with van der Waals surface area (Å²) in [5, 5.41) is 2.28. The number of ether oxygens (including phenoxy) is 1. The Morgan fingerprint density at radius 1 is 1.64 bits per heavy atom. The van der Waals surface area contributed by atoms with E-state index in [0.29, 0.717) is 6.42 Å². The van der Waals surface area contributed by atoms with Crippen LogP contribution in [0.2, 0.25) is 0 Å². The summed E-state index contributed by atoms with van der Waals surface area (Å²) in [6.45, 7) is 3.42. The van der Waals surface area contributed by atoms with Crippen LogP contribution in [0.1, 0.15) is 12.8 Å². The van der Waals surface area contributed by atoms with E-state index in [9.17, 15) is 9.59 Å². The Bertz CT molecular complexity index is 334. The Hall–Kier alpha value is -1.58. The van der Waals surface area contributed by atoms with Crippen molar-refractivity contribution in [2.75, 3.05) is 0 Å². The number of allylic oxidation sites excluding steroid dienone is 1. The summed E-state index contributed by atoms with van der Waals surface area (Å²) in [6, 6.07) is 0. The molecule has 4 heteroatoms. The van der Waals surface area contributed by atoms with Gasteiger partial charge in [0.2, 0.25) is 11.5 Å². The van der Waals surface area contributed by atoms with Crippen LogP contribution >= 0.6 is 0 Å². The van der Waals surface area contributed by atoms with E-state index in [1.807, 2.05) is 6.08 Å². The van der Waals surface area contributed by atoms with Crippen LogP contribution in [0, 0.1) is 5.92 Å². The van der Waals surface area contributed by atoms with E-state index in [1.54, 1.807) is 6.08 Å². The highest BCUT2D eigenvalue weighted by atomic mass is 16.5. The SMILES string of the molecule is C=COC12C=CCCC1C(=O)NC2=O. The van der Waals surface area contributed by atoms with E-state index >= 15 is 0 Å². The van der Waals surface area contributed by atoms with Crippen LogP contribution in [-0.2, 0) is 14.3 Å². The Morgan fingerprint density at radius 2 is 2.43 bits per heavy atom. The minimum Gasteiger partial charge on any atom is -0.481 e. The Kier molecular flexibility index (Phi) is 1.91. The highest BCUT2D eigenvalue weighted by Gasteiger charge is 2.56. The van der Waals surface area contributed by atoms with Crippen molar-refractivity contribution in [1.29, 1.82) is 0 Å². The van der Waals surface area contributed by atoms with E-state index in [0.717, 1.165) is 6.42 Å². The van der Waals surface area contributed by atoms with Gasteiger partial charge in [-0.15, -0.1) is 0 Å². The third kappa shape index (κ3) is 0.999. The Morgan fingerprint density at radius 3 is 3.14 bits per heavy atom. The van der Waals surface area contributed by atoms with Gasteiger partial charge in [-0.05, 0) is 18.9 Å². The molecule has 14 heavy (non-hydrogen) atoms. The molecule has 74 valence electrons. The maximum atomic E-state index is 11.6. The third-order valence-corrected chi connectivity index (χ3v) is 2.69. The number of hydrogen-bond acceptors (Lipinski definition) is 3. The summed E-state index contributed by atoms with van der Waals surface area (Å²) >= 11 is 0. The third-order valence-electron chi connectivity index (χ3n) is 2.69. The molecular weight excluding hydrogens is 182 g/mol. The maximum Gasteiger partial charge on any atom is 0.275 e. The second-order valence-electron chi connectivity index (χ2n) is 3.43. The van der Waals surface area contributed by atoms with Gasteiger partial charge in [-0.1, -0.05) is 12.7 Å². The number of imide groups is 1. The van der Waals surface area contributed by atoms with Crippen LogP contribution in [0.15, 0.2) is 25.0 Å². The van der Waals surface area contributed by atoms with Crippen molar-refractivity contribution < 1.29 is 14.3 Å². The molecule has 1 saturated heterocycles. The van der Waals surface area contributed by atoms with E-state index in [4.69, 9.17) is 4.74 Å². The van der Waals surface area contributed by atoms with Crippen LogP contribution in [0.5, 0.6) is 0 Å². The molecule has 1 aliphatic heterocycles. The minimum absolute atomic E-state index is 0.249. The first-order chi connectivity index (χ1) is 6.70. The zero-order chi connectivity index (χ0) is 10.2. The number of amides is 2. The van der Waals surface area contributed by atoms with Gasteiger partial charge >= 0.3 is 0 Å². The Balaban J connectivity index is 2.43. The molecule has 2 unspecified atom stereocenters. The summed E-state index contributed by atoms with van der Waals surface area (Å²) < 4.78 is 5.22. The van der Waals surface area contributed by atoms with Gasteiger partial charge in [-0.25, -0.2) is 0 Å². The number of fused-ring (bicyclic) bond motifs is 1. The quantitative estimate of drug-likeness (QED) is 0.395. The standard InChI is InChI=1S/C10H11NO3/c1-2-14-10-6-4-3-5-7(10)8(12)11-9(10)13/h2,4,6-7H,1,3,5H2,(H,11,12,13). The second-order valence-corrected chi connectivity index (χ2v) is 3.43. The minimum atomic E-state index is -1.13. The van der Waals surface area contributed by atoms with Crippen molar-refractivity contribution in [2.24, 2.45) is 5.92 Å². The van der Waals surface area contributed by atoms with Gasteiger partial charge < -0.3 is 4.74 Å². The molecule has 2 aliphatic rings. The lowest BCUT2D eigenvalue weighted by atomic mass is 9.81. The molecule has 1 aliphatic carbocycles. The fourth-order valence-corrected chi connectivity index (χ4v) is 2.02. The molecule has 0 saturated carbocycles. The molecule has 0 spiro atoms. The van der Waals surface area contributed by atoms with E-state index in [1.165, 1.54) is 6.26 Å². The van der Waals surface area contributed by atoms with Crippen LogP contribution in [0.3, 0.4) is 0 Å². The first kappa shape index (κ1) is 8.99. The van der Waals surface area contributed by atoms with Crippen molar-refractivity contribution >= 4 is 11.8 Å². The zero-order valence-corrected chi connectivity index (χ0v) is 7.66. The second kappa shape index (κ2) is 2.97. The van der Waals surface area contributed by atoms with Crippen LogP contribution < -0.4 is 5.32 Å². The summed E-state index contributed by atoms with van der Waals surface area (Å²) in [7, 11) is 0. The molecule has 0 radical (unpaired) electrons. The molecule has 2 atom stereocenters. The van der Waals surface area contributed by atoms with Crippen LogP contribution in [-0.4, -0.2) is 17.4 Å². The first-order valence-electron chi connectivity index (χ1n) is 4.52. The van der Waals surface area contributed by atoms with Gasteiger partial charge in [0.1, 0.15) is 0 Å². The molecule has 1 N–H and O–H groups in total. The summed E-state index contributed by atoms with van der Waals surface area (Å²) in [5.74, 6) is -1.04. The summed E-state index contributed by atoms with van der Waals surface area (Å²) in [5.41, 5.74) is -1.13. The fraction of sp³-hybridized carbons (Fsp3) is 0.400. The van der Waals surface area contributed by atoms with Crippen molar-refractivity contribution in [3.63, 3.8) is 0 Å². The van der Waals surface area contributed by atoms with Gasteiger partial charge in [0, 0.05) is 0 Å². The maximum absolute atomic E-state index is 11.6. The van der Waals surface area contributed by atoms with Crippen molar-refractivity contribution in [1.82, 2.24) is 5.32 Å². The van der Waals surface area contributed by atoms with Gasteiger partial charge in [-0.2, -0.15) is 0 Å². The van der Waals surface area contributed by atoms with Gasteiger partial charge in [0.05, 0.1) is 12.2 Å². The number of rotatable bonds is 2. The smallest absolute Gasteiger partial charge is 0.275 e. The lowest BCUT2D eigenvalue weighted by molar-refractivity contribution is -0.134. The van der Waals surface area contributed by atoms with Crippen LogP contribution in [0.25, 0.3) is 0 Å². The lowest BCUT2D eigenvalue weighted by Gasteiger charge is -2.29. The zero-order valence-electron chi connectivity index (χ0n) is 7.66. The highest BCUT2D eigenvalue weighted by Crippen LogP contribution is 2.36. The molecule has 0 aromatic carbocycles. The number of nitrogens with one attached hydrogen (secondary N) is 1. The molecule has 0 aromatic rings.